The Morgan fingerprint density at radius 1 is 1.44 bits per heavy atom. The Morgan fingerprint density at radius 2 is 2.17 bits per heavy atom. The first-order valence-corrected chi connectivity index (χ1v) is 10.6. The van der Waals surface area contributed by atoms with Gasteiger partial charge < -0.3 is 10.5 Å². The molecule has 2 N–H and O–H groups in total. The lowest BCUT2D eigenvalue weighted by Crippen LogP contribution is -2.22. The van der Waals surface area contributed by atoms with Crippen molar-refractivity contribution >= 4 is 13.9 Å². The largest absolute Gasteiger partial charge is 0.382 e. The second-order valence-corrected chi connectivity index (χ2v) is 12.1. The summed E-state index contributed by atoms with van der Waals surface area (Å²) in [6, 6.07) is 1.19. The molecular weight excluding hydrogens is 242 g/mol. The van der Waals surface area contributed by atoms with Gasteiger partial charge in [-0.1, -0.05) is 26.1 Å². The van der Waals surface area contributed by atoms with Crippen LogP contribution in [0.2, 0.25) is 25.7 Å². The summed E-state index contributed by atoms with van der Waals surface area (Å²) in [5, 5.41) is 4.33. The highest BCUT2D eigenvalue weighted by Crippen LogP contribution is 2.38. The zero-order chi connectivity index (χ0) is 13.2. The lowest BCUT2D eigenvalue weighted by Gasteiger charge is -2.24. The van der Waals surface area contributed by atoms with Crippen molar-refractivity contribution in [2.45, 2.75) is 57.6 Å². The van der Waals surface area contributed by atoms with Gasteiger partial charge in [0.1, 0.15) is 12.5 Å². The van der Waals surface area contributed by atoms with Gasteiger partial charge in [0, 0.05) is 26.4 Å². The highest BCUT2D eigenvalue weighted by atomic mass is 28.3. The van der Waals surface area contributed by atoms with E-state index in [1.165, 1.54) is 30.9 Å². The van der Waals surface area contributed by atoms with Gasteiger partial charge in [-0.25, -0.2) is 4.68 Å². The average Bonchev–Trinajstić information content (AvgIpc) is 2.51. The Labute approximate surface area is 111 Å². The molecule has 0 bridgehead atoms. The van der Waals surface area contributed by atoms with E-state index >= 15 is 0 Å². The smallest absolute Gasteiger partial charge is 0.149 e. The van der Waals surface area contributed by atoms with Crippen molar-refractivity contribution in [3.63, 3.8) is 0 Å². The zero-order valence-electron chi connectivity index (χ0n) is 11.8. The fourth-order valence-corrected chi connectivity index (χ4v) is 2.84. The van der Waals surface area contributed by atoms with Crippen molar-refractivity contribution in [2.75, 3.05) is 12.3 Å². The standard InChI is InChI=1S/C13H25N3OSi/c1-18(2,3)8-7-17-10-16-9-12(13(14)15-16)11-5-4-6-11/h9,11H,4-8,10H2,1-3H3,(H2,14,15). The molecule has 5 heteroatoms. The number of anilines is 1. The summed E-state index contributed by atoms with van der Waals surface area (Å²) >= 11 is 0. The minimum atomic E-state index is -0.995. The van der Waals surface area contributed by atoms with Crippen molar-refractivity contribution in [1.82, 2.24) is 9.78 Å². The van der Waals surface area contributed by atoms with Gasteiger partial charge in [-0.15, -0.1) is 0 Å². The first-order valence-electron chi connectivity index (χ1n) is 6.86. The third-order valence-corrected chi connectivity index (χ3v) is 5.29. The van der Waals surface area contributed by atoms with Crippen LogP contribution in [0.1, 0.15) is 30.7 Å². The van der Waals surface area contributed by atoms with Crippen LogP contribution in [0, 0.1) is 0 Å². The number of hydrogen-bond donors (Lipinski definition) is 1. The van der Waals surface area contributed by atoms with Crippen LogP contribution < -0.4 is 5.73 Å². The monoisotopic (exact) mass is 267 g/mol. The van der Waals surface area contributed by atoms with Gasteiger partial charge in [-0.2, -0.15) is 5.10 Å². The Balaban J connectivity index is 1.79. The zero-order valence-corrected chi connectivity index (χ0v) is 12.8. The van der Waals surface area contributed by atoms with Gasteiger partial charge in [-0.05, 0) is 24.8 Å². The van der Waals surface area contributed by atoms with Gasteiger partial charge in [0.15, 0.2) is 0 Å². The first-order chi connectivity index (χ1) is 8.46. The molecule has 18 heavy (non-hydrogen) atoms. The van der Waals surface area contributed by atoms with Gasteiger partial charge >= 0.3 is 0 Å². The van der Waals surface area contributed by atoms with Crippen molar-refractivity contribution in [1.29, 1.82) is 0 Å². The average molecular weight is 267 g/mol. The normalized spacial score (nSPS) is 16.8. The van der Waals surface area contributed by atoms with Gasteiger partial charge in [0.25, 0.3) is 0 Å². The van der Waals surface area contributed by atoms with Crippen molar-refractivity contribution in [3.05, 3.63) is 11.8 Å². The summed E-state index contributed by atoms with van der Waals surface area (Å²) in [5.41, 5.74) is 7.16. The van der Waals surface area contributed by atoms with E-state index in [2.05, 4.69) is 30.9 Å². The molecule has 1 saturated carbocycles. The van der Waals surface area contributed by atoms with E-state index in [9.17, 15) is 0 Å². The summed E-state index contributed by atoms with van der Waals surface area (Å²) in [5.74, 6) is 1.33. The predicted octanol–water partition coefficient (Wildman–Crippen LogP) is 3.05. The molecule has 4 nitrogen and oxygen atoms in total. The van der Waals surface area contributed by atoms with Crippen LogP contribution in [0.25, 0.3) is 0 Å². The molecule has 0 radical (unpaired) electrons. The Hall–Kier alpha value is -0.813. The molecule has 0 aliphatic heterocycles. The van der Waals surface area contributed by atoms with E-state index in [0.29, 0.717) is 18.5 Å². The molecule has 0 spiro atoms. The molecule has 1 aliphatic rings. The third kappa shape index (κ3) is 3.59. The van der Waals surface area contributed by atoms with Gasteiger partial charge in [0.05, 0.1) is 0 Å². The highest BCUT2D eigenvalue weighted by molar-refractivity contribution is 6.76. The molecule has 0 unspecified atom stereocenters. The SMILES string of the molecule is C[Si](C)(C)CCOCn1cc(C2CCC2)c(N)n1. The molecule has 102 valence electrons. The predicted molar refractivity (Wildman–Crippen MR) is 77.3 cm³/mol. The summed E-state index contributed by atoms with van der Waals surface area (Å²) in [6.45, 7) is 8.43. The van der Waals surface area contributed by atoms with E-state index in [4.69, 9.17) is 10.5 Å². The highest BCUT2D eigenvalue weighted by Gasteiger charge is 2.23. The molecule has 0 amide bonds. The number of ether oxygens (including phenoxy) is 1. The number of nitrogens with zero attached hydrogens (tertiary/aromatic N) is 2. The lowest BCUT2D eigenvalue weighted by atomic mass is 9.81. The van der Waals surface area contributed by atoms with Crippen molar-refractivity contribution in [3.8, 4) is 0 Å². The number of aromatic nitrogens is 2. The van der Waals surface area contributed by atoms with E-state index in [1.54, 1.807) is 0 Å². The second-order valence-electron chi connectivity index (χ2n) is 6.48. The molecule has 0 atom stereocenters. The summed E-state index contributed by atoms with van der Waals surface area (Å²) in [6.07, 6.45) is 5.90. The van der Waals surface area contributed by atoms with Gasteiger partial charge in [0.2, 0.25) is 0 Å². The molecule has 1 heterocycles. The molecule has 1 aromatic heterocycles. The molecule has 2 rings (SSSR count). The minimum Gasteiger partial charge on any atom is -0.382 e. The van der Waals surface area contributed by atoms with E-state index < -0.39 is 8.07 Å². The molecule has 0 saturated heterocycles. The molecule has 0 aromatic carbocycles. The minimum absolute atomic E-state index is 0.529. The van der Waals surface area contributed by atoms with Crippen LogP contribution in [0.15, 0.2) is 6.20 Å². The third-order valence-electron chi connectivity index (χ3n) is 3.59. The maximum absolute atomic E-state index is 5.94. The quantitative estimate of drug-likeness (QED) is 0.636. The van der Waals surface area contributed by atoms with Crippen LogP contribution in [0.5, 0.6) is 0 Å². The summed E-state index contributed by atoms with van der Waals surface area (Å²) < 4.78 is 7.52. The molecule has 1 aromatic rings. The number of rotatable bonds is 6. The molecule has 1 aliphatic carbocycles. The second kappa shape index (κ2) is 5.44. The first kappa shape index (κ1) is 13.6. The van der Waals surface area contributed by atoms with Crippen LogP contribution in [-0.4, -0.2) is 24.5 Å². The summed E-state index contributed by atoms with van der Waals surface area (Å²) in [4.78, 5) is 0. The van der Waals surface area contributed by atoms with Crippen LogP contribution >= 0.6 is 0 Å². The fraction of sp³-hybridized carbons (Fsp3) is 0.769. The Morgan fingerprint density at radius 3 is 2.72 bits per heavy atom. The van der Waals surface area contributed by atoms with Crippen LogP contribution in [0.4, 0.5) is 5.82 Å². The van der Waals surface area contributed by atoms with Crippen molar-refractivity contribution < 1.29 is 4.74 Å². The van der Waals surface area contributed by atoms with E-state index in [-0.39, 0.29) is 0 Å². The number of hydrogen-bond acceptors (Lipinski definition) is 3. The van der Waals surface area contributed by atoms with Gasteiger partial charge in [-0.3, -0.25) is 0 Å². The van der Waals surface area contributed by atoms with Crippen molar-refractivity contribution in [2.24, 2.45) is 0 Å². The molecular formula is C13H25N3OSi. The lowest BCUT2D eigenvalue weighted by molar-refractivity contribution is 0.0787. The molecule has 1 fully saturated rings. The van der Waals surface area contributed by atoms with E-state index in [1.807, 2.05) is 4.68 Å². The Kier molecular flexibility index (Phi) is 4.12. The summed E-state index contributed by atoms with van der Waals surface area (Å²) in [7, 11) is -0.995. The van der Waals surface area contributed by atoms with E-state index in [0.717, 1.165) is 6.61 Å². The number of nitrogen functional groups attached to an aromatic ring is 1. The van der Waals surface area contributed by atoms with Crippen LogP contribution in [0.3, 0.4) is 0 Å². The maximum Gasteiger partial charge on any atom is 0.149 e. The fourth-order valence-electron chi connectivity index (χ4n) is 2.09. The topological polar surface area (TPSA) is 53.1 Å². The Bertz CT molecular complexity index is 393. The van der Waals surface area contributed by atoms with Crippen LogP contribution in [-0.2, 0) is 11.5 Å². The maximum atomic E-state index is 5.94. The number of nitrogens with two attached hydrogens (primary N) is 1.